The fourth-order valence-electron chi connectivity index (χ4n) is 3.18. The molecule has 1 N–H and O–H groups in total. The summed E-state index contributed by atoms with van der Waals surface area (Å²) < 4.78 is 45.7. The zero-order valence-corrected chi connectivity index (χ0v) is 17.8. The van der Waals surface area contributed by atoms with Crippen LogP contribution in [0.25, 0.3) is 16.9 Å². The van der Waals surface area contributed by atoms with Gasteiger partial charge in [-0.1, -0.05) is 18.2 Å². The Balaban J connectivity index is 1.56. The van der Waals surface area contributed by atoms with Crippen LogP contribution in [-0.2, 0) is 6.18 Å². The normalized spacial score (nSPS) is 11.4. The number of thiazole rings is 1. The number of nitrogens with zero attached hydrogens (tertiary/aromatic N) is 3. The van der Waals surface area contributed by atoms with Crippen LogP contribution < -0.4 is 10.1 Å². The van der Waals surface area contributed by atoms with Gasteiger partial charge in [-0.15, -0.1) is 11.3 Å². The Kier molecular flexibility index (Phi) is 5.70. The van der Waals surface area contributed by atoms with Crippen LogP contribution in [0.5, 0.6) is 5.75 Å². The molecule has 2 heterocycles. The van der Waals surface area contributed by atoms with Crippen LogP contribution in [0.15, 0.2) is 60.1 Å². The quantitative estimate of drug-likeness (QED) is 0.424. The van der Waals surface area contributed by atoms with Crippen LogP contribution in [0.3, 0.4) is 0 Å². The van der Waals surface area contributed by atoms with Crippen molar-refractivity contribution in [3.8, 4) is 22.7 Å². The Morgan fingerprint density at radius 3 is 2.69 bits per heavy atom. The molecule has 0 atom stereocenters. The van der Waals surface area contributed by atoms with Gasteiger partial charge in [0.15, 0.2) is 5.13 Å². The maximum absolute atomic E-state index is 13.0. The third kappa shape index (κ3) is 4.22. The molecule has 0 unspecified atom stereocenters. The molecule has 0 fully saturated rings. The number of nitrogens with one attached hydrogen (secondary N) is 1. The van der Waals surface area contributed by atoms with Crippen molar-refractivity contribution in [3.05, 3.63) is 76.9 Å². The van der Waals surface area contributed by atoms with Gasteiger partial charge in [0.1, 0.15) is 5.75 Å². The number of para-hydroxylation sites is 1. The van der Waals surface area contributed by atoms with E-state index in [0.717, 1.165) is 17.7 Å². The molecule has 0 radical (unpaired) electrons. The van der Waals surface area contributed by atoms with Crippen molar-refractivity contribution in [1.82, 2.24) is 14.8 Å². The fourth-order valence-corrected chi connectivity index (χ4v) is 3.89. The van der Waals surface area contributed by atoms with Gasteiger partial charge in [-0.3, -0.25) is 10.1 Å². The largest absolute Gasteiger partial charge is 0.496 e. The zero-order chi connectivity index (χ0) is 22.9. The van der Waals surface area contributed by atoms with Crippen molar-refractivity contribution in [2.24, 2.45) is 0 Å². The Morgan fingerprint density at radius 1 is 1.16 bits per heavy atom. The number of rotatable bonds is 5. The van der Waals surface area contributed by atoms with E-state index in [-0.39, 0.29) is 11.3 Å². The van der Waals surface area contributed by atoms with Gasteiger partial charge in [0.05, 0.1) is 41.5 Å². The molecule has 10 heteroatoms. The zero-order valence-electron chi connectivity index (χ0n) is 17.0. The predicted octanol–water partition coefficient (Wildman–Crippen LogP) is 5.58. The summed E-state index contributed by atoms with van der Waals surface area (Å²) in [5.41, 5.74) is 1.51. The van der Waals surface area contributed by atoms with Crippen molar-refractivity contribution < 1.29 is 22.7 Å². The van der Waals surface area contributed by atoms with Gasteiger partial charge in [0, 0.05) is 10.9 Å². The molecule has 0 saturated heterocycles. The van der Waals surface area contributed by atoms with Crippen molar-refractivity contribution in [2.75, 3.05) is 12.4 Å². The first-order valence-corrected chi connectivity index (χ1v) is 10.3. The number of anilines is 1. The SMILES string of the molecule is COc1ccccc1-c1csc(NC(=O)c2cnn(-c3cccc(C(F)(F)F)c3)c2C)n1. The van der Waals surface area contributed by atoms with Gasteiger partial charge in [0.25, 0.3) is 5.91 Å². The number of carbonyl (C=O) groups excluding carboxylic acids is 1. The minimum atomic E-state index is -4.47. The van der Waals surface area contributed by atoms with E-state index in [0.29, 0.717) is 22.3 Å². The minimum absolute atomic E-state index is 0.212. The molecule has 2 aromatic heterocycles. The molecule has 0 aliphatic heterocycles. The highest BCUT2D eigenvalue weighted by molar-refractivity contribution is 7.14. The highest BCUT2D eigenvalue weighted by Crippen LogP contribution is 2.33. The number of benzene rings is 2. The lowest BCUT2D eigenvalue weighted by atomic mass is 10.1. The molecule has 164 valence electrons. The molecule has 2 aromatic carbocycles. The van der Waals surface area contributed by atoms with Crippen molar-refractivity contribution >= 4 is 22.4 Å². The van der Waals surface area contributed by atoms with Gasteiger partial charge in [-0.25, -0.2) is 9.67 Å². The average Bonchev–Trinajstić information content (AvgIpc) is 3.39. The number of halogens is 3. The second-order valence-electron chi connectivity index (χ2n) is 6.80. The summed E-state index contributed by atoms with van der Waals surface area (Å²) in [5, 5.41) is 9.00. The van der Waals surface area contributed by atoms with E-state index >= 15 is 0 Å². The van der Waals surface area contributed by atoms with Crippen molar-refractivity contribution in [1.29, 1.82) is 0 Å². The number of amides is 1. The van der Waals surface area contributed by atoms with Gasteiger partial charge < -0.3 is 4.74 Å². The van der Waals surface area contributed by atoms with E-state index in [1.54, 1.807) is 19.4 Å². The summed E-state index contributed by atoms with van der Waals surface area (Å²) >= 11 is 1.25. The molecule has 0 aliphatic carbocycles. The number of methoxy groups -OCH3 is 1. The number of ether oxygens (including phenoxy) is 1. The first-order chi connectivity index (χ1) is 15.3. The summed E-state index contributed by atoms with van der Waals surface area (Å²) in [6.45, 7) is 1.62. The van der Waals surface area contributed by atoms with Crippen molar-refractivity contribution in [3.63, 3.8) is 0 Å². The van der Waals surface area contributed by atoms with Crippen LogP contribution >= 0.6 is 11.3 Å². The third-order valence-corrected chi connectivity index (χ3v) is 5.54. The van der Waals surface area contributed by atoms with Gasteiger partial charge in [-0.05, 0) is 37.3 Å². The van der Waals surface area contributed by atoms with E-state index in [2.05, 4.69) is 15.4 Å². The standard InChI is InChI=1S/C22H17F3N4O2S/c1-13-17(11-26-29(13)15-7-5-6-14(10-15)22(23,24)25)20(30)28-21-27-18(12-32-21)16-8-3-4-9-19(16)31-2/h3-12H,1-2H3,(H,27,28,30). The Bertz CT molecular complexity index is 1280. The minimum Gasteiger partial charge on any atom is -0.496 e. The Morgan fingerprint density at radius 2 is 1.94 bits per heavy atom. The molecule has 0 aliphatic rings. The van der Waals surface area contributed by atoms with Crippen LogP contribution in [0.2, 0.25) is 0 Å². The van der Waals surface area contributed by atoms with E-state index in [1.807, 2.05) is 24.3 Å². The Labute approximate surface area is 185 Å². The average molecular weight is 458 g/mol. The number of hydrogen-bond acceptors (Lipinski definition) is 5. The van der Waals surface area contributed by atoms with Crippen LogP contribution in [0.1, 0.15) is 21.6 Å². The first kappa shape index (κ1) is 21.6. The second-order valence-corrected chi connectivity index (χ2v) is 7.65. The number of aromatic nitrogens is 3. The lowest BCUT2D eigenvalue weighted by molar-refractivity contribution is -0.137. The van der Waals surface area contributed by atoms with E-state index < -0.39 is 17.6 Å². The summed E-state index contributed by atoms with van der Waals surface area (Å²) in [5.74, 6) is 0.204. The molecule has 6 nitrogen and oxygen atoms in total. The molecule has 32 heavy (non-hydrogen) atoms. The van der Waals surface area contributed by atoms with Crippen molar-refractivity contribution in [2.45, 2.75) is 13.1 Å². The Hall–Kier alpha value is -3.66. The van der Waals surface area contributed by atoms with E-state index in [4.69, 9.17) is 4.74 Å². The molecule has 0 saturated carbocycles. The molecule has 4 aromatic rings. The van der Waals surface area contributed by atoms with E-state index in [1.165, 1.54) is 34.3 Å². The molecule has 1 amide bonds. The maximum atomic E-state index is 13.0. The summed E-state index contributed by atoms with van der Waals surface area (Å²) in [7, 11) is 1.57. The van der Waals surface area contributed by atoms with Crippen LogP contribution in [-0.4, -0.2) is 27.8 Å². The maximum Gasteiger partial charge on any atom is 0.416 e. The lowest BCUT2D eigenvalue weighted by Crippen LogP contribution is -2.13. The third-order valence-electron chi connectivity index (χ3n) is 4.78. The fraction of sp³-hybridized carbons (Fsp3) is 0.136. The number of carbonyl (C=O) groups is 1. The highest BCUT2D eigenvalue weighted by atomic mass is 32.1. The second kappa shape index (κ2) is 8.46. The summed E-state index contributed by atoms with van der Waals surface area (Å²) in [4.78, 5) is 17.2. The number of hydrogen-bond donors (Lipinski definition) is 1. The van der Waals surface area contributed by atoms with Crippen LogP contribution in [0, 0.1) is 6.92 Å². The molecular formula is C22H17F3N4O2S. The number of alkyl halides is 3. The molecule has 4 rings (SSSR count). The first-order valence-electron chi connectivity index (χ1n) is 9.40. The van der Waals surface area contributed by atoms with Gasteiger partial charge in [-0.2, -0.15) is 18.3 Å². The predicted molar refractivity (Wildman–Crippen MR) is 115 cm³/mol. The monoisotopic (exact) mass is 458 g/mol. The lowest BCUT2D eigenvalue weighted by Gasteiger charge is -2.10. The smallest absolute Gasteiger partial charge is 0.416 e. The molecule has 0 bridgehead atoms. The van der Waals surface area contributed by atoms with Gasteiger partial charge >= 0.3 is 6.18 Å². The van der Waals surface area contributed by atoms with Crippen LogP contribution in [0.4, 0.5) is 18.3 Å². The topological polar surface area (TPSA) is 69.0 Å². The van der Waals surface area contributed by atoms with Gasteiger partial charge in [0.2, 0.25) is 0 Å². The highest BCUT2D eigenvalue weighted by Gasteiger charge is 2.30. The van der Waals surface area contributed by atoms with E-state index in [9.17, 15) is 18.0 Å². The summed E-state index contributed by atoms with van der Waals surface area (Å²) in [6.07, 6.45) is -3.15. The molecular weight excluding hydrogens is 441 g/mol. The molecule has 0 spiro atoms. The summed E-state index contributed by atoms with van der Waals surface area (Å²) in [6, 6.07) is 12.2.